The molecule has 0 fully saturated rings. The number of fused-ring (bicyclic) bond motifs is 1. The van der Waals surface area contributed by atoms with Crippen molar-refractivity contribution in [3.63, 3.8) is 0 Å². The molecule has 3 aromatic carbocycles. The van der Waals surface area contributed by atoms with Crippen molar-refractivity contribution in [3.8, 4) is 0 Å². The second-order valence-electron chi connectivity index (χ2n) is 6.80. The van der Waals surface area contributed by atoms with Gasteiger partial charge in [0.1, 0.15) is 5.82 Å². The number of rotatable bonds is 6. The number of halogens is 3. The van der Waals surface area contributed by atoms with Crippen molar-refractivity contribution in [2.45, 2.75) is 19.3 Å². The van der Waals surface area contributed by atoms with Crippen LogP contribution >= 0.6 is 0 Å². The first-order valence-corrected chi connectivity index (χ1v) is 9.43. The lowest BCUT2D eigenvalue weighted by molar-refractivity contribution is -0.137. The maximum Gasteiger partial charge on any atom is 0.416 e. The molecule has 0 unspecified atom stereocenters. The maximum absolute atomic E-state index is 12.7. The van der Waals surface area contributed by atoms with Crippen LogP contribution in [0.5, 0.6) is 0 Å². The van der Waals surface area contributed by atoms with E-state index in [4.69, 9.17) is 0 Å². The molecular weight excluding hydrogens is 389 g/mol. The number of nitrogens with zero attached hydrogens (tertiary/aromatic N) is 2. The molecule has 0 aliphatic rings. The molecule has 30 heavy (non-hydrogen) atoms. The van der Waals surface area contributed by atoms with Crippen molar-refractivity contribution >= 4 is 22.7 Å². The molecule has 7 heteroatoms. The molecule has 2 N–H and O–H groups in total. The van der Waals surface area contributed by atoms with Crippen LogP contribution in [0.15, 0.2) is 78.9 Å². The van der Waals surface area contributed by atoms with E-state index in [1.807, 2.05) is 54.6 Å². The molecule has 1 aromatic heterocycles. The van der Waals surface area contributed by atoms with Crippen LogP contribution in [0.1, 0.15) is 16.7 Å². The highest BCUT2D eigenvalue weighted by molar-refractivity contribution is 5.90. The molecule has 0 saturated heterocycles. The van der Waals surface area contributed by atoms with Crippen LogP contribution in [0.2, 0.25) is 0 Å². The SMILES string of the molecule is FC(F)(F)c1ccc(CNc2nc(NCc3ccccc3)c3ccccc3n2)cc1. The van der Waals surface area contributed by atoms with Crippen molar-refractivity contribution in [1.82, 2.24) is 9.97 Å². The quantitative estimate of drug-likeness (QED) is 0.419. The average Bonchev–Trinajstić information content (AvgIpc) is 2.76. The van der Waals surface area contributed by atoms with Gasteiger partial charge in [-0.15, -0.1) is 0 Å². The summed E-state index contributed by atoms with van der Waals surface area (Å²) in [6, 6.07) is 22.7. The van der Waals surface area contributed by atoms with Crippen molar-refractivity contribution in [2.24, 2.45) is 0 Å². The lowest BCUT2D eigenvalue weighted by Crippen LogP contribution is -2.09. The fourth-order valence-corrected chi connectivity index (χ4v) is 3.06. The summed E-state index contributed by atoms with van der Waals surface area (Å²) in [4.78, 5) is 9.10. The molecule has 0 aliphatic heterocycles. The molecule has 0 atom stereocenters. The third kappa shape index (κ3) is 4.68. The van der Waals surface area contributed by atoms with E-state index in [0.29, 0.717) is 30.4 Å². The van der Waals surface area contributed by atoms with E-state index < -0.39 is 11.7 Å². The number of hydrogen-bond donors (Lipinski definition) is 2. The molecule has 4 nitrogen and oxygen atoms in total. The standard InChI is InChI=1S/C23H19F3N4/c24-23(25,26)18-12-10-17(11-13-18)15-28-22-29-20-9-5-4-8-19(20)21(30-22)27-14-16-6-2-1-3-7-16/h1-13H,14-15H2,(H2,27,28,29,30). The second-order valence-corrected chi connectivity index (χ2v) is 6.80. The minimum absolute atomic E-state index is 0.314. The van der Waals surface area contributed by atoms with Gasteiger partial charge in [-0.25, -0.2) is 4.98 Å². The number of hydrogen-bond acceptors (Lipinski definition) is 4. The Labute approximate surface area is 171 Å². The smallest absolute Gasteiger partial charge is 0.365 e. The summed E-state index contributed by atoms with van der Waals surface area (Å²) < 4.78 is 38.1. The van der Waals surface area contributed by atoms with Gasteiger partial charge in [0.25, 0.3) is 0 Å². The van der Waals surface area contributed by atoms with Crippen LogP contribution in [-0.2, 0) is 19.3 Å². The fraction of sp³-hybridized carbons (Fsp3) is 0.130. The van der Waals surface area contributed by atoms with Gasteiger partial charge in [-0.1, -0.05) is 54.6 Å². The summed E-state index contributed by atoms with van der Waals surface area (Å²) in [5, 5.41) is 7.35. The second kappa shape index (κ2) is 8.41. The summed E-state index contributed by atoms with van der Waals surface area (Å²) in [6.45, 7) is 0.925. The zero-order chi connectivity index (χ0) is 21.0. The van der Waals surface area contributed by atoms with E-state index in [-0.39, 0.29) is 0 Å². The van der Waals surface area contributed by atoms with E-state index in [9.17, 15) is 13.2 Å². The third-order valence-corrected chi connectivity index (χ3v) is 4.64. The molecule has 1 heterocycles. The van der Waals surface area contributed by atoms with Crippen LogP contribution in [0.4, 0.5) is 24.9 Å². The Hall–Kier alpha value is -3.61. The Balaban J connectivity index is 1.52. The average molecular weight is 408 g/mol. The van der Waals surface area contributed by atoms with Crippen molar-refractivity contribution in [2.75, 3.05) is 10.6 Å². The minimum atomic E-state index is -4.34. The number of benzene rings is 3. The zero-order valence-electron chi connectivity index (χ0n) is 15.9. The van der Waals surface area contributed by atoms with E-state index in [1.165, 1.54) is 12.1 Å². The highest BCUT2D eigenvalue weighted by Gasteiger charge is 2.29. The van der Waals surface area contributed by atoms with Crippen molar-refractivity contribution < 1.29 is 13.2 Å². The topological polar surface area (TPSA) is 49.8 Å². The van der Waals surface area contributed by atoms with E-state index in [1.54, 1.807) is 0 Å². The van der Waals surface area contributed by atoms with Gasteiger partial charge in [0.2, 0.25) is 5.95 Å². The van der Waals surface area contributed by atoms with Crippen LogP contribution in [0.25, 0.3) is 10.9 Å². The highest BCUT2D eigenvalue weighted by atomic mass is 19.4. The summed E-state index contributed by atoms with van der Waals surface area (Å²) in [6.07, 6.45) is -4.34. The van der Waals surface area contributed by atoms with Crippen molar-refractivity contribution in [3.05, 3.63) is 95.6 Å². The molecule has 0 bridgehead atoms. The van der Waals surface area contributed by atoms with Gasteiger partial charge in [-0.2, -0.15) is 18.2 Å². The van der Waals surface area contributed by atoms with Gasteiger partial charge in [-0.3, -0.25) is 0 Å². The van der Waals surface area contributed by atoms with Gasteiger partial charge >= 0.3 is 6.18 Å². The molecule has 4 rings (SSSR count). The van der Waals surface area contributed by atoms with Crippen LogP contribution in [-0.4, -0.2) is 9.97 Å². The van der Waals surface area contributed by atoms with Gasteiger partial charge in [0.15, 0.2) is 0 Å². The molecule has 0 radical (unpaired) electrons. The number of aromatic nitrogens is 2. The van der Waals surface area contributed by atoms with E-state index in [2.05, 4.69) is 20.6 Å². The number of nitrogens with one attached hydrogen (secondary N) is 2. The molecule has 0 spiro atoms. The van der Waals surface area contributed by atoms with Gasteiger partial charge in [0.05, 0.1) is 11.1 Å². The minimum Gasteiger partial charge on any atom is -0.365 e. The van der Waals surface area contributed by atoms with Crippen molar-refractivity contribution in [1.29, 1.82) is 0 Å². The third-order valence-electron chi connectivity index (χ3n) is 4.64. The first-order chi connectivity index (χ1) is 14.5. The molecule has 4 aromatic rings. The van der Waals surface area contributed by atoms with E-state index in [0.717, 1.165) is 28.6 Å². The van der Waals surface area contributed by atoms with Gasteiger partial charge in [0, 0.05) is 18.5 Å². The number of alkyl halides is 3. The summed E-state index contributed by atoms with van der Waals surface area (Å²) in [7, 11) is 0. The van der Waals surface area contributed by atoms with Gasteiger partial charge in [-0.05, 0) is 35.4 Å². The predicted octanol–water partition coefficient (Wildman–Crippen LogP) is 5.87. The van der Waals surface area contributed by atoms with Crippen LogP contribution in [0.3, 0.4) is 0 Å². The lowest BCUT2D eigenvalue weighted by Gasteiger charge is -2.12. The van der Waals surface area contributed by atoms with E-state index >= 15 is 0 Å². The Morgan fingerprint density at radius 3 is 2.03 bits per heavy atom. The zero-order valence-corrected chi connectivity index (χ0v) is 15.9. The lowest BCUT2D eigenvalue weighted by atomic mass is 10.1. The molecule has 152 valence electrons. The van der Waals surface area contributed by atoms with Gasteiger partial charge < -0.3 is 10.6 Å². The number of para-hydroxylation sites is 1. The molecule has 0 saturated carbocycles. The Bertz CT molecular complexity index is 1130. The summed E-state index contributed by atoms with van der Waals surface area (Å²) in [5.41, 5.74) is 1.94. The highest BCUT2D eigenvalue weighted by Crippen LogP contribution is 2.29. The first-order valence-electron chi connectivity index (χ1n) is 9.43. The summed E-state index contributed by atoms with van der Waals surface area (Å²) >= 11 is 0. The predicted molar refractivity (Wildman–Crippen MR) is 112 cm³/mol. The summed E-state index contributed by atoms with van der Waals surface area (Å²) in [5.74, 6) is 1.10. The Morgan fingerprint density at radius 2 is 1.30 bits per heavy atom. The van der Waals surface area contributed by atoms with Crippen LogP contribution in [0, 0.1) is 0 Å². The Morgan fingerprint density at radius 1 is 0.667 bits per heavy atom. The monoisotopic (exact) mass is 408 g/mol. The maximum atomic E-state index is 12.7. The van der Waals surface area contributed by atoms with Crippen LogP contribution < -0.4 is 10.6 Å². The largest absolute Gasteiger partial charge is 0.416 e. The number of anilines is 2. The first kappa shape index (κ1) is 19.7. The molecule has 0 amide bonds. The fourth-order valence-electron chi connectivity index (χ4n) is 3.06. The molecule has 0 aliphatic carbocycles. The molecular formula is C23H19F3N4. The normalized spacial score (nSPS) is 11.4. The Kier molecular flexibility index (Phi) is 5.52.